The number of rotatable bonds is 4. The molecule has 0 atom stereocenters. The molecule has 4 heterocycles. The van der Waals surface area contributed by atoms with Gasteiger partial charge in [0.15, 0.2) is 0 Å². The second-order valence-corrected chi connectivity index (χ2v) is 6.83. The summed E-state index contributed by atoms with van der Waals surface area (Å²) in [6.07, 6.45) is 1.61. The van der Waals surface area contributed by atoms with Gasteiger partial charge in [-0.1, -0.05) is 22.9 Å². The van der Waals surface area contributed by atoms with E-state index in [9.17, 15) is 4.79 Å². The molecule has 1 saturated heterocycles. The molecule has 3 aromatic heterocycles. The first-order valence-electron chi connectivity index (χ1n) is 7.14. The van der Waals surface area contributed by atoms with E-state index in [1.54, 1.807) is 29.7 Å². The predicted octanol–water partition coefficient (Wildman–Crippen LogP) is 1.68. The van der Waals surface area contributed by atoms with Crippen molar-refractivity contribution in [1.29, 1.82) is 0 Å². The molecular formula is C14H13ClN6OS. The number of halogens is 1. The van der Waals surface area contributed by atoms with Crippen LogP contribution < -0.4 is 10.6 Å². The monoisotopic (exact) mass is 348 g/mol. The van der Waals surface area contributed by atoms with Crippen molar-refractivity contribution in [2.24, 2.45) is 0 Å². The number of aromatic nitrogens is 4. The van der Waals surface area contributed by atoms with Crippen LogP contribution in [0, 0.1) is 0 Å². The Hall–Kier alpha value is -2.03. The van der Waals surface area contributed by atoms with Crippen LogP contribution in [0.15, 0.2) is 18.3 Å². The first-order valence-corrected chi connectivity index (χ1v) is 8.34. The Labute approximate surface area is 140 Å². The van der Waals surface area contributed by atoms with Crippen LogP contribution in [0.1, 0.15) is 26.4 Å². The number of carbonyl (C=O) groups is 1. The summed E-state index contributed by atoms with van der Waals surface area (Å²) < 4.78 is 0. The molecular weight excluding hydrogens is 336 g/mol. The van der Waals surface area contributed by atoms with Gasteiger partial charge in [0.05, 0.1) is 18.3 Å². The molecule has 0 unspecified atom stereocenters. The van der Waals surface area contributed by atoms with Crippen LogP contribution in [0.3, 0.4) is 0 Å². The molecule has 0 bridgehead atoms. The van der Waals surface area contributed by atoms with E-state index in [4.69, 9.17) is 11.6 Å². The summed E-state index contributed by atoms with van der Waals surface area (Å²) >= 11 is 7.40. The van der Waals surface area contributed by atoms with Crippen molar-refractivity contribution in [1.82, 2.24) is 30.8 Å². The molecule has 3 N–H and O–H groups in total. The fourth-order valence-corrected chi connectivity index (χ4v) is 3.39. The summed E-state index contributed by atoms with van der Waals surface area (Å²) in [6.45, 7) is 2.27. The highest BCUT2D eigenvalue weighted by molar-refractivity contribution is 7.11. The van der Waals surface area contributed by atoms with Crippen LogP contribution in [-0.2, 0) is 6.54 Å². The third-order valence-corrected chi connectivity index (χ3v) is 5.02. The molecule has 9 heteroatoms. The summed E-state index contributed by atoms with van der Waals surface area (Å²) in [5.74, 6) is 0.266. The van der Waals surface area contributed by atoms with E-state index in [1.165, 1.54) is 0 Å². The van der Waals surface area contributed by atoms with Gasteiger partial charge < -0.3 is 15.6 Å². The standard InChI is InChI=1S/C14H13ClN6OS/c15-11-2-7-1-9(19-10(7)5-17-11)13(22)18-6-12-20-21-14(23-12)8-3-16-4-8/h1-2,5,8,16,19H,3-4,6H2,(H,18,22). The van der Waals surface area contributed by atoms with Gasteiger partial charge in [-0.3, -0.25) is 4.79 Å². The Balaban J connectivity index is 1.43. The van der Waals surface area contributed by atoms with Crippen molar-refractivity contribution in [3.05, 3.63) is 39.2 Å². The molecule has 7 nitrogen and oxygen atoms in total. The Kier molecular flexibility index (Phi) is 3.72. The van der Waals surface area contributed by atoms with Crippen molar-refractivity contribution >= 4 is 39.7 Å². The highest BCUT2D eigenvalue weighted by Crippen LogP contribution is 2.23. The van der Waals surface area contributed by atoms with E-state index < -0.39 is 0 Å². The van der Waals surface area contributed by atoms with Crippen LogP contribution in [0.5, 0.6) is 0 Å². The van der Waals surface area contributed by atoms with Gasteiger partial charge in [-0.2, -0.15) is 0 Å². The van der Waals surface area contributed by atoms with Crippen LogP contribution >= 0.6 is 22.9 Å². The van der Waals surface area contributed by atoms with Gasteiger partial charge in [-0.15, -0.1) is 10.2 Å². The highest BCUT2D eigenvalue weighted by Gasteiger charge is 2.23. The molecule has 0 radical (unpaired) electrons. The minimum absolute atomic E-state index is 0.195. The Morgan fingerprint density at radius 3 is 3.04 bits per heavy atom. The SMILES string of the molecule is O=C(NCc1nnc(C2CNC2)s1)c1cc2cc(Cl)ncc2[nH]1. The van der Waals surface area contributed by atoms with Gasteiger partial charge in [-0.25, -0.2) is 4.98 Å². The van der Waals surface area contributed by atoms with E-state index >= 15 is 0 Å². The molecule has 3 aromatic rings. The van der Waals surface area contributed by atoms with Gasteiger partial charge >= 0.3 is 0 Å². The molecule has 1 aliphatic heterocycles. The lowest BCUT2D eigenvalue weighted by atomic mass is 10.1. The quantitative estimate of drug-likeness (QED) is 0.623. The van der Waals surface area contributed by atoms with E-state index in [2.05, 4.69) is 30.8 Å². The molecule has 0 aromatic carbocycles. The first-order chi connectivity index (χ1) is 11.2. The predicted molar refractivity (Wildman–Crippen MR) is 87.8 cm³/mol. The van der Waals surface area contributed by atoms with Crippen LogP contribution in [0.4, 0.5) is 0 Å². The zero-order valence-corrected chi connectivity index (χ0v) is 13.5. The van der Waals surface area contributed by atoms with E-state index in [1.807, 2.05) is 0 Å². The number of H-pyrrole nitrogens is 1. The number of aromatic amines is 1. The fourth-order valence-electron chi connectivity index (χ4n) is 2.34. The molecule has 0 saturated carbocycles. The zero-order chi connectivity index (χ0) is 15.8. The summed E-state index contributed by atoms with van der Waals surface area (Å²) in [4.78, 5) is 19.2. The lowest BCUT2D eigenvalue weighted by molar-refractivity contribution is 0.0946. The third-order valence-electron chi connectivity index (χ3n) is 3.73. The van der Waals surface area contributed by atoms with Gasteiger partial charge in [0.1, 0.15) is 20.9 Å². The zero-order valence-electron chi connectivity index (χ0n) is 12.0. The largest absolute Gasteiger partial charge is 0.349 e. The number of carbonyl (C=O) groups excluding carboxylic acids is 1. The molecule has 1 amide bonds. The summed E-state index contributed by atoms with van der Waals surface area (Å²) in [7, 11) is 0. The van der Waals surface area contributed by atoms with Crippen LogP contribution in [0.2, 0.25) is 5.15 Å². The minimum atomic E-state index is -0.195. The first kappa shape index (κ1) is 14.6. The molecule has 0 aliphatic carbocycles. The molecule has 118 valence electrons. The van der Waals surface area contributed by atoms with Crippen LogP contribution in [-0.4, -0.2) is 39.2 Å². The van der Waals surface area contributed by atoms with Gasteiger partial charge in [0.25, 0.3) is 5.91 Å². The Morgan fingerprint density at radius 2 is 2.26 bits per heavy atom. The maximum Gasteiger partial charge on any atom is 0.268 e. The summed E-state index contributed by atoms with van der Waals surface area (Å²) in [5, 5.41) is 17.4. The molecule has 23 heavy (non-hydrogen) atoms. The fraction of sp³-hybridized carbons (Fsp3) is 0.286. The number of pyridine rings is 1. The number of hydrogen-bond donors (Lipinski definition) is 3. The number of nitrogens with zero attached hydrogens (tertiary/aromatic N) is 3. The average molecular weight is 349 g/mol. The van der Waals surface area contributed by atoms with Gasteiger partial charge in [0, 0.05) is 24.4 Å². The average Bonchev–Trinajstić information content (AvgIpc) is 3.09. The van der Waals surface area contributed by atoms with Crippen LogP contribution in [0.25, 0.3) is 10.9 Å². The van der Waals surface area contributed by atoms with Crippen molar-refractivity contribution < 1.29 is 4.79 Å². The van der Waals surface area contributed by atoms with E-state index in [0.29, 0.717) is 23.3 Å². The van der Waals surface area contributed by atoms with Crippen molar-refractivity contribution in [2.75, 3.05) is 13.1 Å². The van der Waals surface area contributed by atoms with E-state index in [0.717, 1.165) is 34.0 Å². The summed E-state index contributed by atoms with van der Waals surface area (Å²) in [5.41, 5.74) is 1.24. The topological polar surface area (TPSA) is 95.6 Å². The van der Waals surface area contributed by atoms with Gasteiger partial charge in [0.2, 0.25) is 0 Å². The van der Waals surface area contributed by atoms with Crippen molar-refractivity contribution in [2.45, 2.75) is 12.5 Å². The number of hydrogen-bond acceptors (Lipinski definition) is 6. The van der Waals surface area contributed by atoms with Crippen molar-refractivity contribution in [3.63, 3.8) is 0 Å². The molecule has 0 spiro atoms. The Morgan fingerprint density at radius 1 is 1.39 bits per heavy atom. The lowest BCUT2D eigenvalue weighted by Crippen LogP contribution is -2.39. The number of fused-ring (bicyclic) bond motifs is 1. The van der Waals surface area contributed by atoms with E-state index in [-0.39, 0.29) is 5.91 Å². The molecule has 1 aliphatic rings. The number of nitrogens with one attached hydrogen (secondary N) is 3. The summed E-state index contributed by atoms with van der Waals surface area (Å²) in [6, 6.07) is 3.47. The smallest absolute Gasteiger partial charge is 0.268 e. The maximum atomic E-state index is 12.2. The minimum Gasteiger partial charge on any atom is -0.349 e. The second kappa shape index (κ2) is 5.88. The molecule has 1 fully saturated rings. The highest BCUT2D eigenvalue weighted by atomic mass is 35.5. The van der Waals surface area contributed by atoms with Gasteiger partial charge in [-0.05, 0) is 12.1 Å². The maximum absolute atomic E-state index is 12.2. The lowest BCUT2D eigenvalue weighted by Gasteiger charge is -2.23. The normalized spacial score (nSPS) is 14.8. The molecule has 4 rings (SSSR count). The Bertz CT molecular complexity index is 871. The van der Waals surface area contributed by atoms with Crippen molar-refractivity contribution in [3.8, 4) is 0 Å². The third kappa shape index (κ3) is 2.92. The second-order valence-electron chi connectivity index (χ2n) is 5.35. The number of amides is 1.